The van der Waals surface area contributed by atoms with Crippen LogP contribution in [0, 0.1) is 0 Å². The van der Waals surface area contributed by atoms with Crippen molar-refractivity contribution in [3.05, 3.63) is 23.8 Å². The van der Waals surface area contributed by atoms with Gasteiger partial charge in [0.1, 0.15) is 0 Å². The molecule has 0 unspecified atom stereocenters. The van der Waals surface area contributed by atoms with Gasteiger partial charge >= 0.3 is 6.03 Å². The molecule has 0 atom stereocenters. The molecule has 98 valence electrons. The minimum absolute atomic E-state index is 0.252. The van der Waals surface area contributed by atoms with E-state index >= 15 is 0 Å². The van der Waals surface area contributed by atoms with E-state index in [0.717, 1.165) is 0 Å². The first-order chi connectivity index (χ1) is 8.58. The number of hydrogen-bond acceptors (Lipinski definition) is 5. The standard InChI is InChI=1S/C11H14N2O5/c1-17-8-4-2-3-7(5-14)10(8)18-6-9(15)13-11(12)16/h2-4,14H,5-6H2,1H3,(H3,12,13,15,16). The molecular formula is C11H14N2O5. The van der Waals surface area contributed by atoms with E-state index in [2.05, 4.69) is 0 Å². The summed E-state index contributed by atoms with van der Waals surface area (Å²) in [7, 11) is 1.44. The van der Waals surface area contributed by atoms with Crippen LogP contribution in [0.25, 0.3) is 0 Å². The van der Waals surface area contributed by atoms with Gasteiger partial charge in [-0.15, -0.1) is 0 Å². The molecule has 0 saturated heterocycles. The number of ether oxygens (including phenoxy) is 2. The van der Waals surface area contributed by atoms with Crippen LogP contribution >= 0.6 is 0 Å². The van der Waals surface area contributed by atoms with Gasteiger partial charge in [-0.05, 0) is 6.07 Å². The summed E-state index contributed by atoms with van der Waals surface area (Å²) in [6, 6.07) is 3.98. The van der Waals surface area contributed by atoms with E-state index in [-0.39, 0.29) is 12.4 Å². The summed E-state index contributed by atoms with van der Waals surface area (Å²) in [6.45, 7) is -0.666. The average Bonchev–Trinajstić information content (AvgIpc) is 2.34. The maximum absolute atomic E-state index is 11.2. The summed E-state index contributed by atoms with van der Waals surface area (Å²) in [5, 5.41) is 11.0. The van der Waals surface area contributed by atoms with Gasteiger partial charge < -0.3 is 20.3 Å². The molecule has 0 bridgehead atoms. The molecule has 0 spiro atoms. The third-order valence-corrected chi connectivity index (χ3v) is 2.06. The molecule has 3 amide bonds. The van der Waals surface area contributed by atoms with E-state index in [0.29, 0.717) is 11.3 Å². The lowest BCUT2D eigenvalue weighted by Crippen LogP contribution is -2.38. The second-order valence-corrected chi connectivity index (χ2v) is 3.31. The molecule has 7 nitrogen and oxygen atoms in total. The van der Waals surface area contributed by atoms with Gasteiger partial charge in [0.25, 0.3) is 5.91 Å². The van der Waals surface area contributed by atoms with Gasteiger partial charge in [0, 0.05) is 5.56 Å². The van der Waals surface area contributed by atoms with Gasteiger partial charge in [0.2, 0.25) is 0 Å². The first-order valence-corrected chi connectivity index (χ1v) is 5.07. The predicted octanol–water partition coefficient (Wildman–Crippen LogP) is -0.239. The van der Waals surface area contributed by atoms with E-state index in [1.54, 1.807) is 18.2 Å². The number of rotatable bonds is 5. The van der Waals surface area contributed by atoms with E-state index in [1.165, 1.54) is 7.11 Å². The van der Waals surface area contributed by atoms with Crippen LogP contribution in [0.15, 0.2) is 18.2 Å². The topological polar surface area (TPSA) is 111 Å². The van der Waals surface area contributed by atoms with Crippen molar-refractivity contribution in [2.75, 3.05) is 13.7 Å². The lowest BCUT2D eigenvalue weighted by atomic mass is 10.2. The molecule has 18 heavy (non-hydrogen) atoms. The zero-order chi connectivity index (χ0) is 13.5. The Balaban J connectivity index is 2.76. The number of urea groups is 1. The molecule has 1 aromatic rings. The number of nitrogens with two attached hydrogens (primary N) is 1. The van der Waals surface area contributed by atoms with Gasteiger partial charge in [-0.2, -0.15) is 0 Å². The molecule has 0 fully saturated rings. The number of carbonyl (C=O) groups excluding carboxylic acids is 2. The van der Waals surface area contributed by atoms with Gasteiger partial charge in [-0.25, -0.2) is 4.79 Å². The highest BCUT2D eigenvalue weighted by Gasteiger charge is 2.12. The molecule has 1 aromatic carbocycles. The lowest BCUT2D eigenvalue weighted by molar-refractivity contribution is -0.121. The fourth-order valence-corrected chi connectivity index (χ4v) is 1.32. The quantitative estimate of drug-likeness (QED) is 0.671. The minimum Gasteiger partial charge on any atom is -0.493 e. The second kappa shape index (κ2) is 6.45. The second-order valence-electron chi connectivity index (χ2n) is 3.31. The van der Waals surface area contributed by atoms with Crippen LogP contribution in [0.4, 0.5) is 4.79 Å². The van der Waals surface area contributed by atoms with Crippen LogP contribution in [0.2, 0.25) is 0 Å². The van der Waals surface area contributed by atoms with Crippen LogP contribution < -0.4 is 20.5 Å². The summed E-state index contributed by atoms with van der Waals surface area (Å²) in [5.74, 6) is -0.0483. The van der Waals surface area contributed by atoms with Crippen molar-refractivity contribution in [3.8, 4) is 11.5 Å². The number of amides is 3. The van der Waals surface area contributed by atoms with Crippen LogP contribution in [0.1, 0.15) is 5.56 Å². The smallest absolute Gasteiger partial charge is 0.318 e. The maximum Gasteiger partial charge on any atom is 0.318 e. The molecule has 0 saturated carbocycles. The number of aliphatic hydroxyl groups is 1. The molecule has 0 aliphatic carbocycles. The van der Waals surface area contributed by atoms with Crippen molar-refractivity contribution in [1.82, 2.24) is 5.32 Å². The Kier molecular flexibility index (Phi) is 4.94. The van der Waals surface area contributed by atoms with Crippen molar-refractivity contribution in [2.45, 2.75) is 6.61 Å². The minimum atomic E-state index is -0.953. The first-order valence-electron chi connectivity index (χ1n) is 5.07. The number of aliphatic hydroxyl groups excluding tert-OH is 1. The van der Waals surface area contributed by atoms with E-state index in [9.17, 15) is 9.59 Å². The highest BCUT2D eigenvalue weighted by atomic mass is 16.5. The van der Waals surface area contributed by atoms with Gasteiger partial charge in [0.05, 0.1) is 13.7 Å². The number of primary amides is 1. The number of methoxy groups -OCH3 is 1. The summed E-state index contributed by atoms with van der Waals surface area (Å²) in [5.41, 5.74) is 5.26. The zero-order valence-corrected chi connectivity index (χ0v) is 9.80. The summed E-state index contributed by atoms with van der Waals surface area (Å²) in [4.78, 5) is 21.6. The van der Waals surface area contributed by atoms with Crippen LogP contribution in [-0.2, 0) is 11.4 Å². The van der Waals surface area contributed by atoms with Crippen molar-refractivity contribution >= 4 is 11.9 Å². The summed E-state index contributed by atoms with van der Waals surface area (Å²) >= 11 is 0. The molecule has 7 heteroatoms. The third kappa shape index (κ3) is 3.63. The van der Waals surface area contributed by atoms with Crippen molar-refractivity contribution in [1.29, 1.82) is 0 Å². The Morgan fingerprint density at radius 1 is 1.44 bits per heavy atom. The fraction of sp³-hybridized carbons (Fsp3) is 0.273. The first kappa shape index (κ1) is 13.8. The zero-order valence-electron chi connectivity index (χ0n) is 9.80. The summed E-state index contributed by atoms with van der Waals surface area (Å²) < 4.78 is 10.2. The van der Waals surface area contributed by atoms with Crippen LogP contribution in [0.3, 0.4) is 0 Å². The monoisotopic (exact) mass is 254 g/mol. The Bertz CT molecular complexity index is 425. The SMILES string of the molecule is COc1cccc(CO)c1OCC(=O)NC(N)=O. The third-order valence-electron chi connectivity index (χ3n) is 2.06. The summed E-state index contributed by atoms with van der Waals surface area (Å²) in [6.07, 6.45) is 0. The molecule has 4 N–H and O–H groups in total. The highest BCUT2D eigenvalue weighted by molar-refractivity contribution is 5.94. The Hall–Kier alpha value is -2.28. The molecule has 1 rings (SSSR count). The predicted molar refractivity (Wildman–Crippen MR) is 62.1 cm³/mol. The van der Waals surface area contributed by atoms with Crippen molar-refractivity contribution < 1.29 is 24.2 Å². The molecule has 0 aromatic heterocycles. The largest absolute Gasteiger partial charge is 0.493 e. The Morgan fingerprint density at radius 2 is 2.17 bits per heavy atom. The number of nitrogens with one attached hydrogen (secondary N) is 1. The van der Waals surface area contributed by atoms with Gasteiger partial charge in [0.15, 0.2) is 18.1 Å². The Labute approximate surface area is 103 Å². The molecule has 0 radical (unpaired) electrons. The molecule has 0 aliphatic rings. The maximum atomic E-state index is 11.2. The number of carbonyl (C=O) groups is 2. The highest BCUT2D eigenvalue weighted by Crippen LogP contribution is 2.30. The number of hydrogen-bond donors (Lipinski definition) is 3. The normalized spacial score (nSPS) is 9.67. The van der Waals surface area contributed by atoms with Crippen molar-refractivity contribution in [2.24, 2.45) is 5.73 Å². The van der Waals surface area contributed by atoms with E-state index < -0.39 is 18.5 Å². The average molecular weight is 254 g/mol. The van der Waals surface area contributed by atoms with Crippen molar-refractivity contribution in [3.63, 3.8) is 0 Å². The van der Waals surface area contributed by atoms with Crippen LogP contribution in [-0.4, -0.2) is 30.8 Å². The Morgan fingerprint density at radius 3 is 2.72 bits per heavy atom. The number of para-hydroxylation sites is 1. The van der Waals surface area contributed by atoms with Crippen LogP contribution in [0.5, 0.6) is 11.5 Å². The van der Waals surface area contributed by atoms with E-state index in [1.807, 2.05) is 5.32 Å². The van der Waals surface area contributed by atoms with Gasteiger partial charge in [-0.1, -0.05) is 12.1 Å². The molecular weight excluding hydrogens is 240 g/mol. The fourth-order valence-electron chi connectivity index (χ4n) is 1.32. The number of benzene rings is 1. The lowest BCUT2D eigenvalue weighted by Gasteiger charge is -2.13. The van der Waals surface area contributed by atoms with Gasteiger partial charge in [-0.3, -0.25) is 10.1 Å². The molecule has 0 aliphatic heterocycles. The number of imide groups is 1. The van der Waals surface area contributed by atoms with E-state index in [4.69, 9.17) is 20.3 Å². The molecule has 0 heterocycles.